The third kappa shape index (κ3) is 2.09. The van der Waals surface area contributed by atoms with Crippen LogP contribution in [0.15, 0.2) is 34.4 Å². The number of hydrogen-bond donors (Lipinski definition) is 2. The summed E-state index contributed by atoms with van der Waals surface area (Å²) in [6.45, 7) is 0.393. The Morgan fingerprint density at radius 2 is 2.31 bits per heavy atom. The Bertz CT molecular complexity index is 545. The Kier molecular flexibility index (Phi) is 2.96. The lowest BCUT2D eigenvalue weighted by molar-refractivity contribution is 0.421. The largest absolute Gasteiger partial charge is 0.494 e. The van der Waals surface area contributed by atoms with Crippen molar-refractivity contribution in [1.29, 1.82) is 0 Å². The van der Waals surface area contributed by atoms with E-state index < -0.39 is 0 Å². The van der Waals surface area contributed by atoms with Gasteiger partial charge in [0.05, 0.1) is 11.9 Å². The average Bonchev–Trinajstić information content (AvgIpc) is 2.61. The van der Waals surface area contributed by atoms with Crippen molar-refractivity contribution in [2.75, 3.05) is 12.4 Å². The predicted octanol–water partition coefficient (Wildman–Crippen LogP) is 1.71. The van der Waals surface area contributed by atoms with Crippen molar-refractivity contribution in [3.63, 3.8) is 0 Å². The summed E-state index contributed by atoms with van der Waals surface area (Å²) in [5.74, 6) is 0.0184. The highest BCUT2D eigenvalue weighted by atomic mass is 32.1. The number of benzene rings is 1. The summed E-state index contributed by atoms with van der Waals surface area (Å²) in [6, 6.07) is 7.73. The number of rotatable bonds is 3. The molecule has 0 unspecified atom stereocenters. The van der Waals surface area contributed by atoms with Crippen LogP contribution in [0.3, 0.4) is 0 Å². The lowest BCUT2D eigenvalue weighted by atomic mass is 10.2. The molecule has 0 aliphatic carbocycles. The highest BCUT2D eigenvalue weighted by Gasteiger charge is 2.05. The summed E-state index contributed by atoms with van der Waals surface area (Å²) in [6.07, 6.45) is 0. The van der Waals surface area contributed by atoms with Crippen LogP contribution in [-0.2, 0) is 6.54 Å². The zero-order valence-corrected chi connectivity index (χ0v) is 9.62. The van der Waals surface area contributed by atoms with Gasteiger partial charge >= 0.3 is 4.87 Å². The molecule has 1 heterocycles. The van der Waals surface area contributed by atoms with Gasteiger partial charge in [-0.15, -0.1) is 0 Å². The van der Waals surface area contributed by atoms with Gasteiger partial charge < -0.3 is 10.4 Å². The first-order chi connectivity index (χ1) is 7.70. The molecular weight excluding hydrogens is 224 g/mol. The quantitative estimate of drug-likeness (QED) is 0.853. The molecule has 0 radical (unpaired) electrons. The molecule has 4 nitrogen and oxygen atoms in total. The topological polar surface area (TPSA) is 54.3 Å². The third-order valence-electron chi connectivity index (χ3n) is 2.32. The second-order valence-electron chi connectivity index (χ2n) is 3.40. The minimum absolute atomic E-state index is 0.0184. The second kappa shape index (κ2) is 4.40. The molecule has 0 aliphatic heterocycles. The second-order valence-corrected chi connectivity index (χ2v) is 4.22. The van der Waals surface area contributed by atoms with Gasteiger partial charge in [-0.3, -0.25) is 9.36 Å². The lowest BCUT2D eigenvalue weighted by Gasteiger charge is -2.06. The van der Waals surface area contributed by atoms with E-state index in [9.17, 15) is 9.90 Å². The fourth-order valence-electron chi connectivity index (χ4n) is 1.48. The number of anilines is 1. The third-order valence-corrected chi connectivity index (χ3v) is 3.07. The summed E-state index contributed by atoms with van der Waals surface area (Å²) in [4.78, 5) is 11.3. The summed E-state index contributed by atoms with van der Waals surface area (Å²) in [7, 11) is 1.84. The normalized spacial score (nSPS) is 10.3. The summed E-state index contributed by atoms with van der Waals surface area (Å²) in [5, 5.41) is 14.0. The van der Waals surface area contributed by atoms with Gasteiger partial charge in [0.1, 0.15) is 0 Å². The van der Waals surface area contributed by atoms with E-state index in [0.29, 0.717) is 6.54 Å². The molecular formula is C11H12N2O2S. The Labute approximate surface area is 96.8 Å². The molecule has 1 aromatic carbocycles. The van der Waals surface area contributed by atoms with Gasteiger partial charge in [0.15, 0.2) is 0 Å². The number of hydrogen-bond acceptors (Lipinski definition) is 4. The van der Waals surface area contributed by atoms with E-state index in [2.05, 4.69) is 5.32 Å². The minimum Gasteiger partial charge on any atom is -0.494 e. The maximum Gasteiger partial charge on any atom is 0.310 e. The van der Waals surface area contributed by atoms with Crippen molar-refractivity contribution >= 4 is 17.0 Å². The molecule has 0 aliphatic rings. The van der Waals surface area contributed by atoms with E-state index in [0.717, 1.165) is 22.6 Å². The zero-order chi connectivity index (χ0) is 11.5. The van der Waals surface area contributed by atoms with E-state index in [1.807, 2.05) is 31.3 Å². The SMILES string of the molecule is CNc1cccc(Cn2c(O)csc2=O)c1. The molecule has 5 heteroatoms. The van der Waals surface area contributed by atoms with Crippen LogP contribution in [0.4, 0.5) is 5.69 Å². The van der Waals surface area contributed by atoms with Crippen LogP contribution in [-0.4, -0.2) is 16.7 Å². The number of thiazole rings is 1. The minimum atomic E-state index is -0.146. The van der Waals surface area contributed by atoms with E-state index >= 15 is 0 Å². The fraction of sp³-hybridized carbons (Fsp3) is 0.182. The molecule has 0 spiro atoms. The summed E-state index contributed by atoms with van der Waals surface area (Å²) >= 11 is 1.00. The first-order valence-electron chi connectivity index (χ1n) is 4.84. The van der Waals surface area contributed by atoms with Crippen molar-refractivity contribution in [3.05, 3.63) is 44.9 Å². The van der Waals surface area contributed by atoms with Gasteiger partial charge in [0.25, 0.3) is 0 Å². The molecule has 2 N–H and O–H groups in total. The van der Waals surface area contributed by atoms with E-state index in [1.165, 1.54) is 9.95 Å². The first kappa shape index (κ1) is 10.8. The van der Waals surface area contributed by atoms with E-state index in [-0.39, 0.29) is 10.8 Å². The molecule has 1 aromatic heterocycles. The van der Waals surface area contributed by atoms with E-state index in [1.54, 1.807) is 0 Å². The highest BCUT2D eigenvalue weighted by Crippen LogP contribution is 2.14. The van der Waals surface area contributed by atoms with Gasteiger partial charge in [-0.05, 0) is 17.7 Å². The number of nitrogens with one attached hydrogen (secondary N) is 1. The van der Waals surface area contributed by atoms with Crippen molar-refractivity contribution in [1.82, 2.24) is 4.57 Å². The Morgan fingerprint density at radius 3 is 2.94 bits per heavy atom. The van der Waals surface area contributed by atoms with Gasteiger partial charge in [-0.1, -0.05) is 23.5 Å². The molecule has 0 bridgehead atoms. The molecule has 0 saturated heterocycles. The van der Waals surface area contributed by atoms with Gasteiger partial charge in [-0.25, -0.2) is 0 Å². The Morgan fingerprint density at radius 1 is 1.50 bits per heavy atom. The Balaban J connectivity index is 2.30. The van der Waals surface area contributed by atoms with Gasteiger partial charge in [0, 0.05) is 12.7 Å². The van der Waals surface area contributed by atoms with Crippen LogP contribution in [0.5, 0.6) is 5.88 Å². The lowest BCUT2D eigenvalue weighted by Crippen LogP contribution is -2.13. The van der Waals surface area contributed by atoms with Crippen molar-refractivity contribution in [3.8, 4) is 5.88 Å². The molecule has 0 fully saturated rings. The highest BCUT2D eigenvalue weighted by molar-refractivity contribution is 7.07. The molecule has 0 saturated carbocycles. The fourth-order valence-corrected chi connectivity index (χ4v) is 2.10. The van der Waals surface area contributed by atoms with Crippen LogP contribution in [0.25, 0.3) is 0 Å². The summed E-state index contributed by atoms with van der Waals surface area (Å²) < 4.78 is 1.35. The standard InChI is InChI=1S/C11H12N2O2S/c1-12-9-4-2-3-8(5-9)6-13-10(14)7-16-11(13)15/h2-5,7,12,14H,6H2,1H3. The maximum absolute atomic E-state index is 11.4. The molecule has 2 aromatic rings. The number of aromatic hydroxyl groups is 1. The van der Waals surface area contributed by atoms with Crippen LogP contribution in [0.2, 0.25) is 0 Å². The smallest absolute Gasteiger partial charge is 0.310 e. The van der Waals surface area contributed by atoms with Crippen molar-refractivity contribution < 1.29 is 5.11 Å². The first-order valence-corrected chi connectivity index (χ1v) is 5.72. The zero-order valence-electron chi connectivity index (χ0n) is 8.80. The Hall–Kier alpha value is -1.75. The number of aromatic nitrogens is 1. The summed E-state index contributed by atoms with van der Waals surface area (Å²) in [5.41, 5.74) is 1.96. The van der Waals surface area contributed by atoms with Gasteiger partial charge in [-0.2, -0.15) is 0 Å². The molecule has 0 atom stereocenters. The van der Waals surface area contributed by atoms with Gasteiger partial charge in [0.2, 0.25) is 5.88 Å². The van der Waals surface area contributed by atoms with Crippen LogP contribution in [0.1, 0.15) is 5.56 Å². The molecule has 16 heavy (non-hydrogen) atoms. The van der Waals surface area contributed by atoms with Crippen LogP contribution >= 0.6 is 11.3 Å². The molecule has 0 amide bonds. The van der Waals surface area contributed by atoms with E-state index in [4.69, 9.17) is 0 Å². The average molecular weight is 236 g/mol. The van der Waals surface area contributed by atoms with Crippen LogP contribution in [0, 0.1) is 0 Å². The maximum atomic E-state index is 11.4. The molecule has 84 valence electrons. The molecule has 2 rings (SSSR count). The van der Waals surface area contributed by atoms with Crippen molar-refractivity contribution in [2.45, 2.75) is 6.54 Å². The number of nitrogens with zero attached hydrogens (tertiary/aromatic N) is 1. The van der Waals surface area contributed by atoms with Crippen LogP contribution < -0.4 is 10.2 Å². The monoisotopic (exact) mass is 236 g/mol. The van der Waals surface area contributed by atoms with Crippen molar-refractivity contribution in [2.24, 2.45) is 0 Å². The predicted molar refractivity (Wildman–Crippen MR) is 65.3 cm³/mol.